The topological polar surface area (TPSA) is 51.8 Å². The van der Waals surface area contributed by atoms with Crippen LogP contribution in [-0.4, -0.2) is 15.2 Å². The number of nitrogens with zero attached hydrogens (tertiary/aromatic N) is 3. The number of pyridine rings is 1. The summed E-state index contributed by atoms with van der Waals surface area (Å²) in [6, 6.07) is 17.3. The number of aromatic nitrogens is 3. The normalized spacial score (nSPS) is 11.0. The van der Waals surface area contributed by atoms with Gasteiger partial charge < -0.3 is 4.42 Å². The van der Waals surface area contributed by atoms with Crippen LogP contribution in [-0.2, 0) is 0 Å². The van der Waals surface area contributed by atoms with E-state index in [1.807, 2.05) is 49.4 Å². The summed E-state index contributed by atoms with van der Waals surface area (Å²) in [5, 5.41) is 9.95. The summed E-state index contributed by atoms with van der Waals surface area (Å²) in [6.45, 7) is 1.94. The SMILES string of the molecule is Cc1nc2ccccc2cc1-c1nnc(-c2cccc(Cl)c2)o1. The van der Waals surface area contributed by atoms with E-state index in [0.29, 0.717) is 16.8 Å². The molecule has 0 fully saturated rings. The van der Waals surface area contributed by atoms with Gasteiger partial charge in [-0.2, -0.15) is 0 Å². The van der Waals surface area contributed by atoms with Gasteiger partial charge in [-0.25, -0.2) is 0 Å². The Morgan fingerprint density at radius 3 is 2.61 bits per heavy atom. The summed E-state index contributed by atoms with van der Waals surface area (Å²) in [7, 11) is 0. The molecule has 5 heteroatoms. The first kappa shape index (κ1) is 13.9. The van der Waals surface area contributed by atoms with Crippen LogP contribution in [0.1, 0.15) is 5.69 Å². The van der Waals surface area contributed by atoms with E-state index in [4.69, 9.17) is 16.0 Å². The Kier molecular flexibility index (Phi) is 3.32. The highest BCUT2D eigenvalue weighted by Crippen LogP contribution is 2.28. The molecule has 0 saturated carbocycles. The summed E-state index contributed by atoms with van der Waals surface area (Å²) >= 11 is 6.01. The first-order valence-corrected chi connectivity index (χ1v) is 7.55. The second-order valence-corrected chi connectivity index (χ2v) is 5.67. The van der Waals surface area contributed by atoms with Gasteiger partial charge in [-0.05, 0) is 37.3 Å². The minimum Gasteiger partial charge on any atom is -0.416 e. The lowest BCUT2D eigenvalue weighted by Gasteiger charge is -2.03. The van der Waals surface area contributed by atoms with Gasteiger partial charge >= 0.3 is 0 Å². The zero-order chi connectivity index (χ0) is 15.8. The molecule has 0 saturated heterocycles. The number of rotatable bonds is 2. The van der Waals surface area contributed by atoms with Crippen molar-refractivity contribution in [3.63, 3.8) is 0 Å². The van der Waals surface area contributed by atoms with Crippen LogP contribution in [0.2, 0.25) is 5.02 Å². The zero-order valence-electron chi connectivity index (χ0n) is 12.3. The van der Waals surface area contributed by atoms with Gasteiger partial charge in [0, 0.05) is 16.0 Å². The Balaban J connectivity index is 1.81. The van der Waals surface area contributed by atoms with E-state index in [-0.39, 0.29) is 0 Å². The summed E-state index contributed by atoms with van der Waals surface area (Å²) in [4.78, 5) is 4.60. The molecule has 0 radical (unpaired) electrons. The molecular weight excluding hydrogens is 310 g/mol. The smallest absolute Gasteiger partial charge is 0.250 e. The maximum absolute atomic E-state index is 6.01. The predicted molar refractivity (Wildman–Crippen MR) is 90.2 cm³/mol. The van der Waals surface area contributed by atoms with Gasteiger partial charge in [0.05, 0.1) is 16.8 Å². The molecule has 0 N–H and O–H groups in total. The van der Waals surface area contributed by atoms with E-state index in [0.717, 1.165) is 27.7 Å². The van der Waals surface area contributed by atoms with E-state index < -0.39 is 0 Å². The molecule has 0 atom stereocenters. The van der Waals surface area contributed by atoms with Crippen molar-refractivity contribution in [2.75, 3.05) is 0 Å². The minimum absolute atomic E-state index is 0.440. The first-order valence-electron chi connectivity index (χ1n) is 7.17. The number of hydrogen-bond acceptors (Lipinski definition) is 4. The van der Waals surface area contributed by atoms with Gasteiger partial charge in [-0.1, -0.05) is 35.9 Å². The number of halogens is 1. The molecule has 4 nitrogen and oxygen atoms in total. The summed E-state index contributed by atoms with van der Waals surface area (Å²) in [5.74, 6) is 0.894. The molecule has 23 heavy (non-hydrogen) atoms. The Morgan fingerprint density at radius 2 is 1.74 bits per heavy atom. The fourth-order valence-corrected chi connectivity index (χ4v) is 2.69. The van der Waals surface area contributed by atoms with E-state index in [2.05, 4.69) is 15.2 Å². The molecule has 0 spiro atoms. The molecule has 2 aromatic carbocycles. The highest BCUT2D eigenvalue weighted by molar-refractivity contribution is 6.30. The maximum Gasteiger partial charge on any atom is 0.250 e. The van der Waals surface area contributed by atoms with Gasteiger partial charge in [0.1, 0.15) is 0 Å². The lowest BCUT2D eigenvalue weighted by molar-refractivity contribution is 0.584. The fourth-order valence-electron chi connectivity index (χ4n) is 2.50. The van der Waals surface area contributed by atoms with E-state index in [1.54, 1.807) is 12.1 Å². The van der Waals surface area contributed by atoms with Crippen LogP contribution < -0.4 is 0 Å². The van der Waals surface area contributed by atoms with E-state index >= 15 is 0 Å². The van der Waals surface area contributed by atoms with Crippen molar-refractivity contribution in [1.29, 1.82) is 0 Å². The Bertz CT molecular complexity index is 1010. The number of para-hydroxylation sites is 1. The lowest BCUT2D eigenvalue weighted by atomic mass is 10.1. The molecule has 0 amide bonds. The Labute approximate surface area is 137 Å². The summed E-state index contributed by atoms with van der Waals surface area (Å²) in [5.41, 5.74) is 3.43. The second-order valence-electron chi connectivity index (χ2n) is 5.24. The number of benzene rings is 2. The molecular formula is C18H12ClN3O. The van der Waals surface area contributed by atoms with Gasteiger partial charge in [0.2, 0.25) is 11.8 Å². The molecule has 2 aromatic heterocycles. The molecule has 0 aliphatic rings. The molecule has 0 bridgehead atoms. The van der Waals surface area contributed by atoms with Crippen LogP contribution in [0, 0.1) is 6.92 Å². The van der Waals surface area contributed by atoms with Crippen molar-refractivity contribution in [2.24, 2.45) is 0 Å². The van der Waals surface area contributed by atoms with Crippen molar-refractivity contribution in [3.8, 4) is 22.9 Å². The third-order valence-electron chi connectivity index (χ3n) is 3.64. The zero-order valence-corrected chi connectivity index (χ0v) is 13.1. The third-order valence-corrected chi connectivity index (χ3v) is 3.88. The van der Waals surface area contributed by atoms with E-state index in [1.165, 1.54) is 0 Å². The molecule has 0 unspecified atom stereocenters. The summed E-state index contributed by atoms with van der Waals surface area (Å²) in [6.07, 6.45) is 0. The van der Waals surface area contributed by atoms with Crippen LogP contribution >= 0.6 is 11.6 Å². The molecule has 0 aliphatic carbocycles. The second kappa shape index (κ2) is 5.48. The summed E-state index contributed by atoms with van der Waals surface area (Å²) < 4.78 is 5.82. The average Bonchev–Trinajstić information content (AvgIpc) is 3.04. The van der Waals surface area contributed by atoms with Crippen LogP contribution in [0.3, 0.4) is 0 Å². The lowest BCUT2D eigenvalue weighted by Crippen LogP contribution is -1.89. The molecule has 4 aromatic rings. The van der Waals surface area contributed by atoms with Crippen molar-refractivity contribution in [3.05, 3.63) is 65.3 Å². The fraction of sp³-hybridized carbons (Fsp3) is 0.0556. The van der Waals surface area contributed by atoms with E-state index in [9.17, 15) is 0 Å². The van der Waals surface area contributed by atoms with Crippen molar-refractivity contribution in [1.82, 2.24) is 15.2 Å². The first-order chi connectivity index (χ1) is 11.2. The van der Waals surface area contributed by atoms with Gasteiger partial charge in [0.15, 0.2) is 0 Å². The highest BCUT2D eigenvalue weighted by atomic mass is 35.5. The maximum atomic E-state index is 6.01. The highest BCUT2D eigenvalue weighted by Gasteiger charge is 2.14. The Morgan fingerprint density at radius 1 is 0.913 bits per heavy atom. The standard InChI is InChI=1S/C18H12ClN3O/c1-11-15(10-12-5-2-3-8-16(12)20-11)18-22-21-17(23-18)13-6-4-7-14(19)9-13/h2-10H,1H3. The van der Waals surface area contributed by atoms with Crippen molar-refractivity contribution in [2.45, 2.75) is 6.92 Å². The quantitative estimate of drug-likeness (QED) is 0.526. The van der Waals surface area contributed by atoms with Gasteiger partial charge in [-0.15, -0.1) is 10.2 Å². The van der Waals surface area contributed by atoms with Gasteiger partial charge in [-0.3, -0.25) is 4.98 Å². The van der Waals surface area contributed by atoms with Crippen LogP contribution in [0.15, 0.2) is 59.0 Å². The van der Waals surface area contributed by atoms with Crippen LogP contribution in [0.5, 0.6) is 0 Å². The number of fused-ring (bicyclic) bond motifs is 1. The Hall–Kier alpha value is -2.72. The monoisotopic (exact) mass is 321 g/mol. The van der Waals surface area contributed by atoms with Crippen molar-refractivity contribution >= 4 is 22.5 Å². The molecule has 2 heterocycles. The van der Waals surface area contributed by atoms with Crippen LogP contribution in [0.25, 0.3) is 33.8 Å². The molecule has 0 aliphatic heterocycles. The number of aryl methyl sites for hydroxylation is 1. The predicted octanol–water partition coefficient (Wildman–Crippen LogP) is 4.91. The average molecular weight is 322 g/mol. The van der Waals surface area contributed by atoms with Crippen molar-refractivity contribution < 1.29 is 4.42 Å². The largest absolute Gasteiger partial charge is 0.416 e. The minimum atomic E-state index is 0.440. The number of hydrogen-bond donors (Lipinski definition) is 0. The molecule has 112 valence electrons. The molecule has 4 rings (SSSR count). The van der Waals surface area contributed by atoms with Crippen LogP contribution in [0.4, 0.5) is 0 Å². The van der Waals surface area contributed by atoms with Gasteiger partial charge in [0.25, 0.3) is 0 Å². The third kappa shape index (κ3) is 2.58.